The number of hydrogen-bond acceptors (Lipinski definition) is 2. The number of benzene rings is 1. The van der Waals surface area contributed by atoms with Crippen molar-refractivity contribution in [1.82, 2.24) is 9.55 Å². The normalized spacial score (nSPS) is 12.5. The van der Waals surface area contributed by atoms with Gasteiger partial charge in [0.1, 0.15) is 5.65 Å². The number of pyridine rings is 1. The van der Waals surface area contributed by atoms with Gasteiger partial charge in [-0.25, -0.2) is 4.98 Å². The van der Waals surface area contributed by atoms with Gasteiger partial charge in [-0.15, -0.1) is 0 Å². The van der Waals surface area contributed by atoms with Crippen molar-refractivity contribution in [3.8, 4) is 0 Å². The van der Waals surface area contributed by atoms with E-state index in [0.29, 0.717) is 5.02 Å². The summed E-state index contributed by atoms with van der Waals surface area (Å²) >= 11 is 5.97. The average molecular weight is 329 g/mol. The predicted molar refractivity (Wildman–Crippen MR) is 91.1 cm³/mol. The van der Waals surface area contributed by atoms with Crippen molar-refractivity contribution in [3.05, 3.63) is 64.4 Å². The zero-order valence-electron chi connectivity index (χ0n) is 13.0. The first-order valence-corrected chi connectivity index (χ1v) is 7.78. The van der Waals surface area contributed by atoms with Crippen molar-refractivity contribution in [1.29, 1.82) is 0 Å². The van der Waals surface area contributed by atoms with Crippen LogP contribution in [-0.4, -0.2) is 20.6 Å². The Morgan fingerprint density at radius 3 is 2.65 bits per heavy atom. The summed E-state index contributed by atoms with van der Waals surface area (Å²) in [4.78, 5) is 15.7. The molecule has 0 radical (unpaired) electrons. The predicted octanol–water partition coefficient (Wildman–Crippen LogP) is 4.23. The number of carboxylic acids is 1. The van der Waals surface area contributed by atoms with E-state index in [9.17, 15) is 9.90 Å². The maximum atomic E-state index is 11.2. The van der Waals surface area contributed by atoms with Crippen LogP contribution in [0.4, 0.5) is 0 Å². The van der Waals surface area contributed by atoms with Crippen LogP contribution in [0, 0.1) is 6.92 Å². The molecule has 0 amide bonds. The van der Waals surface area contributed by atoms with E-state index in [4.69, 9.17) is 11.6 Å². The number of fused-ring (bicyclic) bond motifs is 1. The van der Waals surface area contributed by atoms with Crippen LogP contribution in [0.25, 0.3) is 11.0 Å². The molecule has 0 saturated heterocycles. The summed E-state index contributed by atoms with van der Waals surface area (Å²) in [6.07, 6.45) is 1.73. The molecule has 2 aromatic heterocycles. The van der Waals surface area contributed by atoms with Crippen LogP contribution < -0.4 is 0 Å². The Bertz CT molecular complexity index is 869. The van der Waals surface area contributed by atoms with Crippen LogP contribution in [0.5, 0.6) is 0 Å². The summed E-state index contributed by atoms with van der Waals surface area (Å²) in [7, 11) is 0. The Balaban J connectivity index is 2.18. The van der Waals surface area contributed by atoms with Crippen molar-refractivity contribution >= 4 is 28.6 Å². The Morgan fingerprint density at radius 1 is 1.30 bits per heavy atom. The van der Waals surface area contributed by atoms with Crippen LogP contribution in [0.3, 0.4) is 0 Å². The number of nitrogens with zero attached hydrogens (tertiary/aromatic N) is 2. The molecule has 1 N–H and O–H groups in total. The third-order valence-corrected chi connectivity index (χ3v) is 4.46. The standard InChI is InChI=1S/C18H17ClN2O2/c1-11(13-5-7-14(19)8-6-13)21-12(2)16(10-17(22)23)15-4-3-9-20-18(15)21/h3-9,11H,10H2,1-2H3,(H,22,23). The second-order valence-corrected chi connectivity index (χ2v) is 6.04. The highest BCUT2D eigenvalue weighted by molar-refractivity contribution is 6.30. The third kappa shape index (κ3) is 2.82. The molecule has 5 heteroatoms. The molecular formula is C18H17ClN2O2. The van der Waals surface area contributed by atoms with Gasteiger partial charge < -0.3 is 9.67 Å². The third-order valence-electron chi connectivity index (χ3n) is 4.21. The molecule has 3 rings (SSSR count). The zero-order valence-corrected chi connectivity index (χ0v) is 13.7. The maximum Gasteiger partial charge on any atom is 0.307 e. The number of aromatic nitrogens is 2. The molecule has 3 aromatic rings. The fourth-order valence-corrected chi connectivity index (χ4v) is 3.19. The van der Waals surface area contributed by atoms with Gasteiger partial charge in [-0.05, 0) is 49.2 Å². The van der Waals surface area contributed by atoms with Gasteiger partial charge in [0, 0.05) is 22.3 Å². The molecule has 0 bridgehead atoms. The summed E-state index contributed by atoms with van der Waals surface area (Å²) < 4.78 is 2.09. The molecule has 0 aliphatic rings. The van der Waals surface area contributed by atoms with Crippen molar-refractivity contribution in [2.45, 2.75) is 26.3 Å². The molecule has 0 saturated carbocycles. The van der Waals surface area contributed by atoms with E-state index >= 15 is 0 Å². The van der Waals surface area contributed by atoms with Crippen LogP contribution >= 0.6 is 11.6 Å². The first-order chi connectivity index (χ1) is 11.0. The van der Waals surface area contributed by atoms with Gasteiger partial charge in [-0.1, -0.05) is 23.7 Å². The van der Waals surface area contributed by atoms with Crippen LogP contribution in [-0.2, 0) is 11.2 Å². The molecule has 2 heterocycles. The van der Waals surface area contributed by atoms with Crippen molar-refractivity contribution in [3.63, 3.8) is 0 Å². The van der Waals surface area contributed by atoms with E-state index in [1.807, 2.05) is 43.3 Å². The first kappa shape index (κ1) is 15.6. The molecule has 118 valence electrons. The summed E-state index contributed by atoms with van der Waals surface area (Å²) in [5.41, 5.74) is 3.66. The van der Waals surface area contributed by atoms with Gasteiger partial charge >= 0.3 is 5.97 Å². The summed E-state index contributed by atoms with van der Waals surface area (Å²) in [6, 6.07) is 11.5. The highest BCUT2D eigenvalue weighted by atomic mass is 35.5. The molecule has 0 spiro atoms. The lowest BCUT2D eigenvalue weighted by Crippen LogP contribution is -2.10. The zero-order chi connectivity index (χ0) is 16.6. The molecule has 1 unspecified atom stereocenters. The smallest absolute Gasteiger partial charge is 0.307 e. The summed E-state index contributed by atoms with van der Waals surface area (Å²) in [6.45, 7) is 4.03. The molecule has 0 fully saturated rings. The van der Waals surface area contributed by atoms with Gasteiger partial charge in [0.05, 0.1) is 12.5 Å². The highest BCUT2D eigenvalue weighted by Gasteiger charge is 2.20. The molecule has 0 aliphatic carbocycles. The number of hydrogen-bond donors (Lipinski definition) is 1. The van der Waals surface area contributed by atoms with Crippen LogP contribution in [0.2, 0.25) is 5.02 Å². The molecule has 23 heavy (non-hydrogen) atoms. The van der Waals surface area contributed by atoms with E-state index in [0.717, 1.165) is 27.9 Å². The average Bonchev–Trinajstić information content (AvgIpc) is 2.80. The van der Waals surface area contributed by atoms with E-state index in [1.54, 1.807) is 6.20 Å². The lowest BCUT2D eigenvalue weighted by molar-refractivity contribution is -0.136. The van der Waals surface area contributed by atoms with Gasteiger partial charge in [0.15, 0.2) is 0 Å². The highest BCUT2D eigenvalue weighted by Crippen LogP contribution is 2.31. The Hall–Kier alpha value is -2.33. The van der Waals surface area contributed by atoms with E-state index in [1.165, 1.54) is 0 Å². The quantitative estimate of drug-likeness (QED) is 0.779. The number of halogens is 1. The van der Waals surface area contributed by atoms with E-state index in [2.05, 4.69) is 16.5 Å². The topological polar surface area (TPSA) is 55.1 Å². The fraction of sp³-hybridized carbons (Fsp3) is 0.222. The maximum absolute atomic E-state index is 11.2. The molecule has 1 aromatic carbocycles. The number of rotatable bonds is 4. The van der Waals surface area contributed by atoms with Gasteiger partial charge in [0.25, 0.3) is 0 Å². The molecule has 0 aliphatic heterocycles. The Labute approximate surface area is 139 Å². The molecular weight excluding hydrogens is 312 g/mol. The van der Waals surface area contributed by atoms with Crippen molar-refractivity contribution in [2.75, 3.05) is 0 Å². The largest absolute Gasteiger partial charge is 0.481 e. The second-order valence-electron chi connectivity index (χ2n) is 5.61. The van der Waals surface area contributed by atoms with Gasteiger partial charge in [0.2, 0.25) is 0 Å². The molecule has 1 atom stereocenters. The Kier molecular flexibility index (Phi) is 4.09. The lowest BCUT2D eigenvalue weighted by Gasteiger charge is -2.18. The lowest BCUT2D eigenvalue weighted by atomic mass is 10.1. The van der Waals surface area contributed by atoms with E-state index in [-0.39, 0.29) is 12.5 Å². The minimum absolute atomic E-state index is 0.00559. The minimum Gasteiger partial charge on any atom is -0.481 e. The number of carbonyl (C=O) groups is 1. The van der Waals surface area contributed by atoms with Gasteiger partial charge in [-0.3, -0.25) is 4.79 Å². The fourth-order valence-electron chi connectivity index (χ4n) is 3.06. The molecule has 4 nitrogen and oxygen atoms in total. The monoisotopic (exact) mass is 328 g/mol. The van der Waals surface area contributed by atoms with Crippen LogP contribution in [0.15, 0.2) is 42.6 Å². The van der Waals surface area contributed by atoms with Crippen molar-refractivity contribution in [2.24, 2.45) is 0 Å². The van der Waals surface area contributed by atoms with Crippen molar-refractivity contribution < 1.29 is 9.90 Å². The minimum atomic E-state index is -0.838. The summed E-state index contributed by atoms with van der Waals surface area (Å²) in [5.74, 6) is -0.838. The van der Waals surface area contributed by atoms with Crippen LogP contribution in [0.1, 0.15) is 29.8 Å². The number of aliphatic carboxylic acids is 1. The first-order valence-electron chi connectivity index (χ1n) is 7.40. The van der Waals surface area contributed by atoms with E-state index < -0.39 is 5.97 Å². The number of carboxylic acid groups (broad SMARTS) is 1. The SMILES string of the molecule is Cc1c(CC(=O)O)c2cccnc2n1C(C)c1ccc(Cl)cc1. The Morgan fingerprint density at radius 2 is 2.00 bits per heavy atom. The van der Waals surface area contributed by atoms with Gasteiger partial charge in [-0.2, -0.15) is 0 Å². The second kappa shape index (κ2) is 6.05. The summed E-state index contributed by atoms with van der Waals surface area (Å²) in [5, 5.41) is 10.8.